The van der Waals surface area contributed by atoms with E-state index >= 15 is 0 Å². The van der Waals surface area contributed by atoms with Crippen LogP contribution in [-0.2, 0) is 0 Å². The van der Waals surface area contributed by atoms with Gasteiger partial charge in [-0.25, -0.2) is 0 Å². The highest BCUT2D eigenvalue weighted by Gasteiger charge is 2.35. The van der Waals surface area contributed by atoms with Crippen LogP contribution in [0, 0.1) is 17.8 Å². The molecule has 0 aromatic heterocycles. The van der Waals surface area contributed by atoms with Crippen molar-refractivity contribution >= 4 is 0 Å². The summed E-state index contributed by atoms with van der Waals surface area (Å²) in [5.41, 5.74) is 3.34. The molecule has 0 spiro atoms. The van der Waals surface area contributed by atoms with E-state index in [1.807, 2.05) is 0 Å². The number of alkyl halides is 3. The molecule has 4 atom stereocenters. The fourth-order valence-corrected chi connectivity index (χ4v) is 6.38. The van der Waals surface area contributed by atoms with Crippen LogP contribution >= 0.6 is 0 Å². The van der Waals surface area contributed by atoms with Gasteiger partial charge in [0.05, 0.1) is 0 Å². The highest BCUT2D eigenvalue weighted by atomic mass is 19.4. The van der Waals surface area contributed by atoms with E-state index in [0.29, 0.717) is 5.92 Å². The van der Waals surface area contributed by atoms with Crippen molar-refractivity contribution < 1.29 is 17.9 Å². The fourth-order valence-electron chi connectivity index (χ4n) is 6.38. The molecule has 2 aliphatic carbocycles. The average Bonchev–Trinajstić information content (AvgIpc) is 2.83. The third kappa shape index (κ3) is 7.02. The van der Waals surface area contributed by atoms with E-state index in [4.69, 9.17) is 0 Å². The van der Waals surface area contributed by atoms with Crippen LogP contribution in [0.15, 0.2) is 48.5 Å². The molecule has 0 saturated heterocycles. The normalized spacial score (nSPS) is 25.1. The Morgan fingerprint density at radius 1 is 0.735 bits per heavy atom. The number of ether oxygens (including phenoxy) is 1. The van der Waals surface area contributed by atoms with Crippen LogP contribution in [-0.4, -0.2) is 6.36 Å². The standard InChI is InChI=1S/C30H39F3O/c1-2-3-4-5-6-7-22-8-9-28-21-27(15-14-26(28)20-22)25-12-10-23(11-13-25)24-16-18-29(19-17-24)34-30(31,32)33/h10-13,16-19,22,26-28H,2-9,14-15,20-21H2,1H3. The number of hydrogen-bond donors (Lipinski definition) is 0. The monoisotopic (exact) mass is 472 g/mol. The van der Waals surface area contributed by atoms with Crippen LogP contribution in [0.3, 0.4) is 0 Å². The molecule has 2 aliphatic rings. The number of unbranched alkanes of at least 4 members (excludes halogenated alkanes) is 4. The minimum absolute atomic E-state index is 0.184. The Kier molecular flexibility index (Phi) is 8.60. The lowest BCUT2D eigenvalue weighted by atomic mass is 9.63. The second-order valence-electron chi connectivity index (χ2n) is 10.6. The summed E-state index contributed by atoms with van der Waals surface area (Å²) in [4.78, 5) is 0. The van der Waals surface area contributed by atoms with Crippen molar-refractivity contribution in [3.63, 3.8) is 0 Å². The lowest BCUT2D eigenvalue weighted by Crippen LogP contribution is -2.30. The van der Waals surface area contributed by atoms with E-state index in [9.17, 15) is 13.2 Å². The number of rotatable bonds is 9. The summed E-state index contributed by atoms with van der Waals surface area (Å²) < 4.78 is 41.1. The van der Waals surface area contributed by atoms with E-state index < -0.39 is 6.36 Å². The van der Waals surface area contributed by atoms with Crippen molar-refractivity contribution in [2.75, 3.05) is 0 Å². The summed E-state index contributed by atoms with van der Waals surface area (Å²) in [6.07, 6.45) is 12.0. The zero-order chi connectivity index (χ0) is 24.0. The predicted octanol–water partition coefficient (Wildman–Crippen LogP) is 9.91. The van der Waals surface area contributed by atoms with E-state index in [2.05, 4.69) is 35.9 Å². The Hall–Kier alpha value is -1.97. The first-order chi connectivity index (χ1) is 16.4. The van der Waals surface area contributed by atoms with Gasteiger partial charge >= 0.3 is 6.36 Å². The Labute approximate surface area is 203 Å². The molecule has 2 aromatic carbocycles. The summed E-state index contributed by atoms with van der Waals surface area (Å²) in [6.45, 7) is 2.28. The van der Waals surface area contributed by atoms with Gasteiger partial charge in [0.15, 0.2) is 0 Å². The van der Waals surface area contributed by atoms with Crippen LogP contribution in [0.5, 0.6) is 5.75 Å². The van der Waals surface area contributed by atoms with Gasteiger partial charge < -0.3 is 4.74 Å². The third-order valence-electron chi connectivity index (χ3n) is 8.24. The van der Waals surface area contributed by atoms with Gasteiger partial charge in [-0.15, -0.1) is 13.2 Å². The van der Waals surface area contributed by atoms with Gasteiger partial charge in [0.2, 0.25) is 0 Å². The fraction of sp³-hybridized carbons (Fsp3) is 0.600. The van der Waals surface area contributed by atoms with Crippen LogP contribution in [0.25, 0.3) is 11.1 Å². The van der Waals surface area contributed by atoms with Crippen molar-refractivity contribution in [1.82, 2.24) is 0 Å². The molecule has 4 rings (SSSR count). The van der Waals surface area contributed by atoms with Crippen molar-refractivity contribution in [2.24, 2.45) is 17.8 Å². The number of hydrogen-bond acceptors (Lipinski definition) is 1. The molecule has 0 bridgehead atoms. The number of halogens is 3. The first-order valence-corrected chi connectivity index (χ1v) is 13.4. The molecule has 4 heteroatoms. The first kappa shape index (κ1) is 25.1. The van der Waals surface area contributed by atoms with Gasteiger partial charge in [0.1, 0.15) is 5.75 Å². The third-order valence-corrected chi connectivity index (χ3v) is 8.24. The molecule has 0 N–H and O–H groups in total. The molecular formula is C30H39F3O. The maximum absolute atomic E-state index is 12.4. The molecule has 0 amide bonds. The largest absolute Gasteiger partial charge is 0.573 e. The highest BCUT2D eigenvalue weighted by Crippen LogP contribution is 2.48. The topological polar surface area (TPSA) is 9.23 Å². The second kappa shape index (κ2) is 11.6. The molecule has 1 nitrogen and oxygen atoms in total. The summed E-state index contributed by atoms with van der Waals surface area (Å²) in [5.74, 6) is 3.24. The quantitative estimate of drug-likeness (QED) is 0.330. The van der Waals surface area contributed by atoms with Crippen LogP contribution in [0.1, 0.15) is 95.5 Å². The lowest BCUT2D eigenvalue weighted by molar-refractivity contribution is -0.274. The van der Waals surface area contributed by atoms with Crippen LogP contribution in [0.2, 0.25) is 0 Å². The maximum atomic E-state index is 12.4. The van der Waals surface area contributed by atoms with Gasteiger partial charge in [-0.2, -0.15) is 0 Å². The van der Waals surface area contributed by atoms with Crippen molar-refractivity contribution in [3.05, 3.63) is 54.1 Å². The van der Waals surface area contributed by atoms with Crippen molar-refractivity contribution in [1.29, 1.82) is 0 Å². The summed E-state index contributed by atoms with van der Waals surface area (Å²) >= 11 is 0. The number of benzene rings is 2. The number of fused-ring (bicyclic) bond motifs is 1. The van der Waals surface area contributed by atoms with Gasteiger partial charge in [-0.3, -0.25) is 0 Å². The second-order valence-corrected chi connectivity index (χ2v) is 10.6. The minimum atomic E-state index is -4.66. The lowest BCUT2D eigenvalue weighted by Gasteiger charge is -2.42. The van der Waals surface area contributed by atoms with Crippen LogP contribution in [0.4, 0.5) is 13.2 Å². The van der Waals surface area contributed by atoms with Crippen molar-refractivity contribution in [2.45, 2.75) is 96.3 Å². The summed E-state index contributed by atoms with van der Waals surface area (Å²) in [5, 5.41) is 0. The summed E-state index contributed by atoms with van der Waals surface area (Å²) in [7, 11) is 0. The maximum Gasteiger partial charge on any atom is 0.573 e. The molecule has 2 fully saturated rings. The Morgan fingerprint density at radius 2 is 1.35 bits per heavy atom. The molecule has 2 aromatic rings. The van der Waals surface area contributed by atoms with E-state index in [1.165, 1.54) is 94.7 Å². The Bertz CT molecular complexity index is 871. The van der Waals surface area contributed by atoms with Crippen molar-refractivity contribution in [3.8, 4) is 16.9 Å². The SMILES string of the molecule is CCCCCCCC1CCC2CC(c3ccc(-c4ccc(OC(F)(F)F)cc4)cc3)CCC2C1. The molecular weight excluding hydrogens is 433 g/mol. The molecule has 4 unspecified atom stereocenters. The molecule has 0 radical (unpaired) electrons. The zero-order valence-corrected chi connectivity index (χ0v) is 20.5. The Balaban J connectivity index is 1.27. The van der Waals surface area contributed by atoms with Gasteiger partial charge in [0.25, 0.3) is 0 Å². The smallest absolute Gasteiger partial charge is 0.406 e. The van der Waals surface area contributed by atoms with Gasteiger partial charge in [-0.1, -0.05) is 88.3 Å². The van der Waals surface area contributed by atoms with E-state index in [1.54, 1.807) is 12.1 Å². The van der Waals surface area contributed by atoms with Gasteiger partial charge in [0, 0.05) is 0 Å². The Morgan fingerprint density at radius 3 is 2.03 bits per heavy atom. The molecule has 186 valence electrons. The predicted molar refractivity (Wildman–Crippen MR) is 133 cm³/mol. The van der Waals surface area contributed by atoms with Crippen LogP contribution < -0.4 is 4.74 Å². The first-order valence-electron chi connectivity index (χ1n) is 13.4. The van der Waals surface area contributed by atoms with E-state index in [0.717, 1.165) is 28.9 Å². The minimum Gasteiger partial charge on any atom is -0.406 e. The highest BCUT2D eigenvalue weighted by molar-refractivity contribution is 5.64. The molecule has 2 saturated carbocycles. The molecule has 0 aliphatic heterocycles. The molecule has 34 heavy (non-hydrogen) atoms. The zero-order valence-electron chi connectivity index (χ0n) is 20.5. The average molecular weight is 473 g/mol. The van der Waals surface area contributed by atoms with Gasteiger partial charge in [-0.05, 0) is 84.6 Å². The van der Waals surface area contributed by atoms with E-state index in [-0.39, 0.29) is 5.75 Å². The molecule has 0 heterocycles. The summed E-state index contributed by atoms with van der Waals surface area (Å²) in [6, 6.07) is 14.8.